The fraction of sp³-hybridized carbons (Fsp3) is 0.0952. The van der Waals surface area contributed by atoms with Crippen LogP contribution in [0.3, 0.4) is 0 Å². The summed E-state index contributed by atoms with van der Waals surface area (Å²) in [6, 6.07) is 14.6. The van der Waals surface area contributed by atoms with Crippen molar-refractivity contribution in [1.82, 2.24) is 19.2 Å². The predicted molar refractivity (Wildman–Crippen MR) is 110 cm³/mol. The predicted octanol–water partition coefficient (Wildman–Crippen LogP) is 3.45. The van der Waals surface area contributed by atoms with Gasteiger partial charge in [0.25, 0.3) is 0 Å². The van der Waals surface area contributed by atoms with Crippen LogP contribution in [0.15, 0.2) is 60.0 Å². The fourth-order valence-corrected chi connectivity index (χ4v) is 2.97. The highest BCUT2D eigenvalue weighted by molar-refractivity contribution is 5.80. The highest BCUT2D eigenvalue weighted by Crippen LogP contribution is 2.20. The Morgan fingerprint density at radius 3 is 2.52 bits per heavy atom. The van der Waals surface area contributed by atoms with Crippen molar-refractivity contribution in [2.45, 2.75) is 6.92 Å². The smallest absolute Gasteiger partial charge is 0.187 e. The molecule has 0 aliphatic rings. The second-order valence-corrected chi connectivity index (χ2v) is 6.25. The van der Waals surface area contributed by atoms with Crippen LogP contribution in [0.1, 0.15) is 11.4 Å². The number of rotatable bonds is 4. The number of nitrogens with zero attached hydrogens (tertiary/aromatic N) is 6. The van der Waals surface area contributed by atoms with Crippen molar-refractivity contribution in [2.75, 3.05) is 7.11 Å². The van der Waals surface area contributed by atoms with E-state index in [9.17, 15) is 0 Å². The largest absolute Gasteiger partial charge is 0.497 e. The Bertz CT molecular complexity index is 1310. The van der Waals surface area contributed by atoms with Crippen LogP contribution in [-0.4, -0.2) is 32.5 Å². The first-order valence-electron chi connectivity index (χ1n) is 8.78. The number of nitrogens with one attached hydrogen (secondary N) is 1. The summed E-state index contributed by atoms with van der Waals surface area (Å²) in [5.41, 5.74) is 3.43. The van der Waals surface area contributed by atoms with Gasteiger partial charge in [-0.3, -0.25) is 9.98 Å². The maximum Gasteiger partial charge on any atom is 0.187 e. The third-order valence-corrected chi connectivity index (χ3v) is 4.45. The maximum absolute atomic E-state index is 8.48. The van der Waals surface area contributed by atoms with Gasteiger partial charge in [-0.05, 0) is 48.9 Å². The lowest BCUT2D eigenvalue weighted by Gasteiger charge is -2.06. The first kappa shape index (κ1) is 18.1. The van der Waals surface area contributed by atoms with Crippen molar-refractivity contribution >= 4 is 23.1 Å². The third-order valence-electron chi connectivity index (χ3n) is 4.45. The van der Waals surface area contributed by atoms with Gasteiger partial charge in [-0.1, -0.05) is 12.1 Å². The number of hydrogen-bond acceptors (Lipinski definition) is 5. The van der Waals surface area contributed by atoms with Gasteiger partial charge in [0.05, 0.1) is 19.9 Å². The van der Waals surface area contributed by atoms with Crippen LogP contribution in [0.2, 0.25) is 0 Å². The van der Waals surface area contributed by atoms with Gasteiger partial charge in [0, 0.05) is 5.69 Å². The third kappa shape index (κ3) is 3.37. The molecule has 0 amide bonds. The number of methoxy groups -OCH3 is 1. The van der Waals surface area contributed by atoms with Crippen LogP contribution in [-0.2, 0) is 0 Å². The molecule has 0 saturated heterocycles. The summed E-state index contributed by atoms with van der Waals surface area (Å²) in [5.74, 6) is 1.47. The van der Waals surface area contributed by atoms with Gasteiger partial charge in [-0.2, -0.15) is 5.10 Å². The molecule has 2 aromatic heterocycles. The lowest BCUT2D eigenvalue weighted by Crippen LogP contribution is -2.18. The van der Waals surface area contributed by atoms with E-state index in [0.717, 1.165) is 17.0 Å². The molecule has 0 aliphatic carbocycles. The molecule has 0 spiro atoms. The Labute approximate surface area is 166 Å². The first-order chi connectivity index (χ1) is 14.1. The van der Waals surface area contributed by atoms with Crippen LogP contribution >= 0.6 is 0 Å². The molecule has 4 aromatic rings. The Morgan fingerprint density at radius 1 is 1.14 bits per heavy atom. The second-order valence-electron chi connectivity index (χ2n) is 6.25. The summed E-state index contributed by atoms with van der Waals surface area (Å²) >= 11 is 0. The molecule has 0 radical (unpaired) electrons. The zero-order valence-electron chi connectivity index (χ0n) is 15.9. The van der Waals surface area contributed by atoms with E-state index >= 15 is 0 Å². The molecule has 2 aromatic carbocycles. The van der Waals surface area contributed by atoms with Gasteiger partial charge >= 0.3 is 0 Å². The SMILES string of the molecule is [C-]#[N+]c1ccc(-n2c(C)nc3c(=N)n(/N=C/c4ccc(OC)cc4)cnc32)cc1. The molecule has 0 bridgehead atoms. The van der Waals surface area contributed by atoms with Gasteiger partial charge in [-0.25, -0.2) is 19.5 Å². The molecular formula is C21H17N7O. The van der Waals surface area contributed by atoms with Crippen molar-refractivity contribution in [2.24, 2.45) is 5.10 Å². The van der Waals surface area contributed by atoms with Gasteiger partial charge in [0.1, 0.15) is 17.9 Å². The molecule has 0 unspecified atom stereocenters. The minimum absolute atomic E-state index is 0.138. The van der Waals surface area contributed by atoms with E-state index in [-0.39, 0.29) is 5.49 Å². The Balaban J connectivity index is 1.73. The molecule has 0 aliphatic heterocycles. The van der Waals surface area contributed by atoms with Crippen LogP contribution < -0.4 is 10.2 Å². The summed E-state index contributed by atoms with van der Waals surface area (Å²) in [7, 11) is 1.62. The number of benzene rings is 2. The summed E-state index contributed by atoms with van der Waals surface area (Å²) in [5, 5.41) is 12.8. The van der Waals surface area contributed by atoms with Gasteiger partial charge < -0.3 is 4.74 Å². The van der Waals surface area contributed by atoms with E-state index < -0.39 is 0 Å². The van der Waals surface area contributed by atoms with Crippen LogP contribution in [0.5, 0.6) is 5.75 Å². The maximum atomic E-state index is 8.48. The molecule has 2 heterocycles. The van der Waals surface area contributed by atoms with Crippen molar-refractivity contribution in [3.63, 3.8) is 0 Å². The molecule has 1 N–H and O–H groups in total. The van der Waals surface area contributed by atoms with E-state index in [1.807, 2.05) is 47.9 Å². The fourth-order valence-electron chi connectivity index (χ4n) is 2.97. The lowest BCUT2D eigenvalue weighted by molar-refractivity contribution is 0.415. The van der Waals surface area contributed by atoms with Crippen molar-refractivity contribution in [3.8, 4) is 11.4 Å². The van der Waals surface area contributed by atoms with Crippen molar-refractivity contribution in [3.05, 3.63) is 83.2 Å². The summed E-state index contributed by atoms with van der Waals surface area (Å²) < 4.78 is 8.39. The molecule has 8 nitrogen and oxygen atoms in total. The Hall–Kier alpha value is -4.25. The molecule has 142 valence electrons. The summed E-state index contributed by atoms with van der Waals surface area (Å²) in [6.07, 6.45) is 3.15. The second kappa shape index (κ2) is 7.40. The molecule has 8 heteroatoms. The zero-order valence-corrected chi connectivity index (χ0v) is 15.9. The number of ether oxygens (including phenoxy) is 1. The quantitative estimate of drug-likeness (QED) is 0.433. The highest BCUT2D eigenvalue weighted by Gasteiger charge is 2.13. The minimum Gasteiger partial charge on any atom is -0.497 e. The highest BCUT2D eigenvalue weighted by atomic mass is 16.5. The Kier molecular flexibility index (Phi) is 4.63. The van der Waals surface area contributed by atoms with E-state index in [1.54, 1.807) is 25.5 Å². The van der Waals surface area contributed by atoms with Crippen LogP contribution in [0.4, 0.5) is 5.69 Å². The average molecular weight is 383 g/mol. The number of imidazole rings is 1. The number of hydrogen-bond donors (Lipinski definition) is 1. The van der Waals surface area contributed by atoms with E-state index in [4.69, 9.17) is 16.7 Å². The molecule has 0 atom stereocenters. The summed E-state index contributed by atoms with van der Waals surface area (Å²) in [4.78, 5) is 12.4. The first-order valence-corrected chi connectivity index (χ1v) is 8.78. The van der Waals surface area contributed by atoms with E-state index in [2.05, 4.69) is 19.9 Å². The van der Waals surface area contributed by atoms with Gasteiger partial charge in [0.15, 0.2) is 22.3 Å². The van der Waals surface area contributed by atoms with Crippen LogP contribution in [0, 0.1) is 18.9 Å². The molecule has 29 heavy (non-hydrogen) atoms. The number of fused-ring (bicyclic) bond motifs is 1. The minimum atomic E-state index is 0.138. The normalized spacial score (nSPS) is 11.1. The average Bonchev–Trinajstić information content (AvgIpc) is 3.10. The van der Waals surface area contributed by atoms with Gasteiger partial charge in [0.2, 0.25) is 0 Å². The number of aromatic nitrogens is 4. The van der Waals surface area contributed by atoms with Crippen LogP contribution in [0.25, 0.3) is 21.7 Å². The Morgan fingerprint density at radius 2 is 1.86 bits per heavy atom. The summed E-state index contributed by atoms with van der Waals surface area (Å²) in [6.45, 7) is 8.94. The molecule has 0 fully saturated rings. The monoisotopic (exact) mass is 383 g/mol. The van der Waals surface area contributed by atoms with Crippen molar-refractivity contribution in [1.29, 1.82) is 5.41 Å². The van der Waals surface area contributed by atoms with E-state index in [0.29, 0.717) is 22.7 Å². The van der Waals surface area contributed by atoms with E-state index in [1.165, 1.54) is 11.0 Å². The molecule has 4 rings (SSSR count). The molecule has 0 saturated carbocycles. The van der Waals surface area contributed by atoms with Gasteiger partial charge in [-0.15, -0.1) is 0 Å². The van der Waals surface area contributed by atoms with Crippen molar-refractivity contribution < 1.29 is 4.74 Å². The number of aryl methyl sites for hydroxylation is 1. The lowest BCUT2D eigenvalue weighted by atomic mass is 10.2. The standard InChI is InChI=1S/C21H17N7O/c1-14-26-19-20(22)27(25-12-15-4-10-18(29-3)11-5-15)13-24-21(19)28(14)17-8-6-16(23-2)7-9-17/h4-13,22H,1,3H3/b22-20?,25-12+. The topological polar surface area (TPSA) is 85.4 Å². The molecular weight excluding hydrogens is 366 g/mol. The zero-order chi connectivity index (χ0) is 20.4.